The quantitative estimate of drug-likeness (QED) is 0.858. The predicted molar refractivity (Wildman–Crippen MR) is 85.1 cm³/mol. The molecule has 1 unspecified atom stereocenters. The number of nitrogens with one attached hydrogen (secondary N) is 1. The van der Waals surface area contributed by atoms with Gasteiger partial charge in [0.25, 0.3) is 0 Å². The Morgan fingerprint density at radius 1 is 1.33 bits per heavy atom. The number of fused-ring (bicyclic) bond motifs is 1. The molecule has 2 rings (SSSR count). The highest BCUT2D eigenvalue weighted by molar-refractivity contribution is 5.85. The van der Waals surface area contributed by atoms with E-state index in [9.17, 15) is 4.79 Å². The minimum atomic E-state index is -0.332. The van der Waals surface area contributed by atoms with Crippen molar-refractivity contribution in [3.05, 3.63) is 36.1 Å². The second-order valence-electron chi connectivity index (χ2n) is 5.59. The Kier molecular flexibility index (Phi) is 4.68. The molecule has 1 atom stereocenters. The molecule has 3 N–H and O–H groups in total. The van der Waals surface area contributed by atoms with Crippen LogP contribution in [0.2, 0.25) is 0 Å². The largest absolute Gasteiger partial charge is 0.460 e. The van der Waals surface area contributed by atoms with Crippen molar-refractivity contribution < 1.29 is 9.21 Å². The molecule has 0 radical (unpaired) electrons. The number of nitrogens with two attached hydrogens (primary N) is 1. The van der Waals surface area contributed by atoms with E-state index in [1.807, 2.05) is 51.1 Å². The van der Waals surface area contributed by atoms with Crippen LogP contribution in [0.3, 0.4) is 0 Å². The van der Waals surface area contributed by atoms with Crippen molar-refractivity contribution in [2.24, 2.45) is 5.73 Å². The summed E-state index contributed by atoms with van der Waals surface area (Å²) in [4.78, 5) is 12.5. The van der Waals surface area contributed by atoms with Crippen LogP contribution in [-0.2, 0) is 4.79 Å². The number of para-hydroxylation sites is 1. The van der Waals surface area contributed by atoms with Crippen molar-refractivity contribution in [3.8, 4) is 0 Å². The zero-order valence-corrected chi connectivity index (χ0v) is 13.0. The van der Waals surface area contributed by atoms with Crippen molar-refractivity contribution in [2.45, 2.75) is 45.1 Å². The van der Waals surface area contributed by atoms with Crippen LogP contribution >= 0.6 is 0 Å². The van der Waals surface area contributed by atoms with Crippen molar-refractivity contribution >= 4 is 16.9 Å². The van der Waals surface area contributed by atoms with Gasteiger partial charge in [0.2, 0.25) is 5.91 Å². The zero-order valence-electron chi connectivity index (χ0n) is 13.0. The van der Waals surface area contributed by atoms with Crippen LogP contribution in [0.5, 0.6) is 0 Å². The molecular formula is C17H24N2O2. The lowest BCUT2D eigenvalue weighted by Crippen LogP contribution is -2.53. The molecule has 0 bridgehead atoms. The van der Waals surface area contributed by atoms with Gasteiger partial charge in [-0.25, -0.2) is 0 Å². The average Bonchev–Trinajstić information content (AvgIpc) is 2.95. The van der Waals surface area contributed by atoms with Gasteiger partial charge in [-0.3, -0.25) is 4.79 Å². The molecule has 2 aromatic rings. The summed E-state index contributed by atoms with van der Waals surface area (Å²) < 4.78 is 5.77. The molecule has 1 amide bonds. The Hall–Kier alpha value is -1.81. The summed E-state index contributed by atoms with van der Waals surface area (Å²) in [6.45, 7) is 6.39. The SMILES string of the molecule is CCC(CC)(CN)NC(=O)C(C)c1cc2ccccc2o1. The van der Waals surface area contributed by atoms with Crippen LogP contribution in [-0.4, -0.2) is 18.0 Å². The maximum atomic E-state index is 12.5. The van der Waals surface area contributed by atoms with Crippen LogP contribution in [0.4, 0.5) is 0 Å². The summed E-state index contributed by atoms with van der Waals surface area (Å²) in [5.74, 6) is 0.316. The van der Waals surface area contributed by atoms with Gasteiger partial charge < -0.3 is 15.5 Å². The minimum absolute atomic E-state index is 0.0387. The Bertz CT molecular complexity index is 573. The third kappa shape index (κ3) is 3.10. The van der Waals surface area contributed by atoms with E-state index in [2.05, 4.69) is 5.32 Å². The molecule has 1 heterocycles. The Morgan fingerprint density at radius 2 is 2.00 bits per heavy atom. The number of furan rings is 1. The molecule has 1 aromatic carbocycles. The molecule has 21 heavy (non-hydrogen) atoms. The zero-order chi connectivity index (χ0) is 15.5. The fourth-order valence-electron chi connectivity index (χ4n) is 2.48. The van der Waals surface area contributed by atoms with E-state index >= 15 is 0 Å². The topological polar surface area (TPSA) is 68.3 Å². The highest BCUT2D eigenvalue weighted by Gasteiger charge is 2.29. The van der Waals surface area contributed by atoms with E-state index in [0.717, 1.165) is 23.8 Å². The van der Waals surface area contributed by atoms with Gasteiger partial charge in [0.1, 0.15) is 11.3 Å². The first-order valence-corrected chi connectivity index (χ1v) is 7.55. The molecule has 0 spiro atoms. The number of benzene rings is 1. The highest BCUT2D eigenvalue weighted by Crippen LogP contribution is 2.26. The van der Waals surface area contributed by atoms with Crippen LogP contribution in [0, 0.1) is 0 Å². The summed E-state index contributed by atoms with van der Waals surface area (Å²) in [6, 6.07) is 9.70. The number of carbonyl (C=O) groups excluding carboxylic acids is 1. The molecule has 0 aliphatic heterocycles. The lowest BCUT2D eigenvalue weighted by Gasteiger charge is -2.32. The van der Waals surface area contributed by atoms with Gasteiger partial charge in [-0.2, -0.15) is 0 Å². The Morgan fingerprint density at radius 3 is 2.57 bits per heavy atom. The number of carbonyl (C=O) groups is 1. The molecule has 0 saturated heterocycles. The van der Waals surface area contributed by atoms with Crippen LogP contribution in [0.1, 0.15) is 45.3 Å². The molecule has 1 aromatic heterocycles. The molecule has 114 valence electrons. The van der Waals surface area contributed by atoms with Crippen molar-refractivity contribution in [1.29, 1.82) is 0 Å². The number of hydrogen-bond acceptors (Lipinski definition) is 3. The van der Waals surface area contributed by atoms with Crippen molar-refractivity contribution in [3.63, 3.8) is 0 Å². The Balaban J connectivity index is 2.18. The van der Waals surface area contributed by atoms with E-state index < -0.39 is 0 Å². The minimum Gasteiger partial charge on any atom is -0.460 e. The maximum absolute atomic E-state index is 12.5. The molecule has 0 saturated carbocycles. The van der Waals surface area contributed by atoms with Gasteiger partial charge in [0, 0.05) is 11.9 Å². The van der Waals surface area contributed by atoms with Crippen LogP contribution in [0.25, 0.3) is 11.0 Å². The summed E-state index contributed by atoms with van der Waals surface area (Å²) in [6.07, 6.45) is 1.64. The van der Waals surface area contributed by atoms with Gasteiger partial charge >= 0.3 is 0 Å². The van der Waals surface area contributed by atoms with Crippen LogP contribution < -0.4 is 11.1 Å². The lowest BCUT2D eigenvalue weighted by atomic mass is 9.92. The first kappa shape index (κ1) is 15.6. The molecule has 0 fully saturated rings. The molecule has 0 aliphatic carbocycles. The normalized spacial score (nSPS) is 13.3. The fraction of sp³-hybridized carbons (Fsp3) is 0.471. The van der Waals surface area contributed by atoms with Crippen molar-refractivity contribution in [1.82, 2.24) is 5.32 Å². The van der Waals surface area contributed by atoms with Crippen LogP contribution in [0.15, 0.2) is 34.7 Å². The van der Waals surface area contributed by atoms with E-state index in [0.29, 0.717) is 12.3 Å². The fourth-order valence-corrected chi connectivity index (χ4v) is 2.48. The number of amides is 1. The van der Waals surface area contributed by atoms with Gasteiger partial charge in [-0.15, -0.1) is 0 Å². The monoisotopic (exact) mass is 288 g/mol. The molecule has 4 nitrogen and oxygen atoms in total. The van der Waals surface area contributed by atoms with E-state index in [1.54, 1.807) is 0 Å². The van der Waals surface area contributed by atoms with Gasteiger partial charge in [0.05, 0.1) is 11.5 Å². The smallest absolute Gasteiger partial charge is 0.230 e. The average molecular weight is 288 g/mol. The molecular weight excluding hydrogens is 264 g/mol. The standard InChI is InChI=1S/C17H24N2O2/c1-4-17(5-2,11-18)19-16(20)12(3)15-10-13-8-6-7-9-14(13)21-15/h6-10,12H,4-5,11,18H2,1-3H3,(H,19,20). The van der Waals surface area contributed by atoms with E-state index in [4.69, 9.17) is 10.2 Å². The second-order valence-corrected chi connectivity index (χ2v) is 5.59. The summed E-state index contributed by atoms with van der Waals surface area (Å²) in [7, 11) is 0. The predicted octanol–water partition coefficient (Wildman–Crippen LogP) is 3.17. The third-order valence-corrected chi connectivity index (χ3v) is 4.40. The number of hydrogen-bond donors (Lipinski definition) is 2. The summed E-state index contributed by atoms with van der Waals surface area (Å²) in [5.41, 5.74) is 6.33. The third-order valence-electron chi connectivity index (χ3n) is 4.40. The van der Waals surface area contributed by atoms with Crippen molar-refractivity contribution in [2.75, 3.05) is 6.54 Å². The second kappa shape index (κ2) is 6.31. The number of rotatable bonds is 6. The summed E-state index contributed by atoms with van der Waals surface area (Å²) >= 11 is 0. The van der Waals surface area contributed by atoms with Gasteiger partial charge in [-0.05, 0) is 31.9 Å². The highest BCUT2D eigenvalue weighted by atomic mass is 16.3. The van der Waals surface area contributed by atoms with E-state index in [1.165, 1.54) is 0 Å². The molecule has 0 aliphatic rings. The first-order valence-electron chi connectivity index (χ1n) is 7.55. The molecule has 4 heteroatoms. The first-order chi connectivity index (χ1) is 10.0. The van der Waals surface area contributed by atoms with Gasteiger partial charge in [0.15, 0.2) is 0 Å². The van der Waals surface area contributed by atoms with Gasteiger partial charge in [-0.1, -0.05) is 32.0 Å². The lowest BCUT2D eigenvalue weighted by molar-refractivity contribution is -0.124. The summed E-state index contributed by atoms with van der Waals surface area (Å²) in [5, 5.41) is 4.12. The van der Waals surface area contributed by atoms with E-state index in [-0.39, 0.29) is 17.4 Å². The maximum Gasteiger partial charge on any atom is 0.230 e. The Labute approximate surface area is 125 Å².